The van der Waals surface area contributed by atoms with Gasteiger partial charge in [-0.2, -0.15) is 4.31 Å². The Morgan fingerprint density at radius 3 is 2.59 bits per heavy atom. The van der Waals surface area contributed by atoms with Gasteiger partial charge in [0.25, 0.3) is 5.91 Å². The number of nitrogens with zero attached hydrogens (tertiary/aromatic N) is 3. The van der Waals surface area contributed by atoms with Crippen LogP contribution in [0.15, 0.2) is 18.2 Å². The van der Waals surface area contributed by atoms with Crippen LogP contribution in [0.4, 0.5) is 8.78 Å². The van der Waals surface area contributed by atoms with Crippen molar-refractivity contribution in [3.05, 3.63) is 35.4 Å². The summed E-state index contributed by atoms with van der Waals surface area (Å²) < 4.78 is 58.3. The third kappa shape index (κ3) is 5.71. The molecule has 1 aromatic rings. The molecular formula is C19H27F2N3O4S. The summed E-state index contributed by atoms with van der Waals surface area (Å²) in [5, 5.41) is 0. The topological polar surface area (TPSA) is 70.2 Å². The second-order valence-electron chi connectivity index (χ2n) is 7.50. The summed E-state index contributed by atoms with van der Waals surface area (Å²) in [5.41, 5.74) is 0.0590. The van der Waals surface area contributed by atoms with E-state index < -0.39 is 27.6 Å². The van der Waals surface area contributed by atoms with E-state index in [1.54, 1.807) is 0 Å². The fraction of sp³-hybridized carbons (Fsp3) is 0.632. The molecule has 2 heterocycles. The molecule has 1 amide bonds. The summed E-state index contributed by atoms with van der Waals surface area (Å²) in [7, 11) is -3.46. The van der Waals surface area contributed by atoms with Crippen LogP contribution in [0.2, 0.25) is 0 Å². The molecule has 0 N–H and O–H groups in total. The number of ether oxygens (including phenoxy) is 1. The van der Waals surface area contributed by atoms with Crippen LogP contribution in [0.25, 0.3) is 0 Å². The Hall–Kier alpha value is -1.62. The van der Waals surface area contributed by atoms with E-state index >= 15 is 0 Å². The Bertz CT molecular complexity index is 831. The predicted molar refractivity (Wildman–Crippen MR) is 104 cm³/mol. The first-order chi connectivity index (χ1) is 13.8. The second kappa shape index (κ2) is 9.46. The molecule has 1 atom stereocenters. The number of morpholine rings is 1. The van der Waals surface area contributed by atoms with Crippen LogP contribution in [-0.2, 0) is 14.8 Å². The third-order valence-corrected chi connectivity index (χ3v) is 6.76. The van der Waals surface area contributed by atoms with Crippen molar-refractivity contribution in [2.24, 2.45) is 0 Å². The van der Waals surface area contributed by atoms with Gasteiger partial charge < -0.3 is 9.64 Å². The lowest BCUT2D eigenvalue weighted by Gasteiger charge is -2.39. The number of carbonyl (C=O) groups is 1. The first-order valence-corrected chi connectivity index (χ1v) is 11.6. The van der Waals surface area contributed by atoms with Gasteiger partial charge in [-0.15, -0.1) is 0 Å². The smallest absolute Gasteiger partial charge is 0.254 e. The zero-order valence-electron chi connectivity index (χ0n) is 16.5. The first-order valence-electron chi connectivity index (χ1n) is 9.77. The number of halogens is 2. The van der Waals surface area contributed by atoms with Crippen molar-refractivity contribution in [3.8, 4) is 0 Å². The number of piperidine rings is 1. The normalized spacial score (nSPS) is 21.5. The first kappa shape index (κ1) is 22.1. The largest absolute Gasteiger partial charge is 0.379 e. The number of benzene rings is 1. The van der Waals surface area contributed by atoms with Crippen molar-refractivity contribution in [1.82, 2.24) is 14.1 Å². The zero-order valence-corrected chi connectivity index (χ0v) is 17.3. The highest BCUT2D eigenvalue weighted by Gasteiger charge is 2.33. The second-order valence-corrected chi connectivity index (χ2v) is 9.44. The third-order valence-electron chi connectivity index (χ3n) is 5.42. The predicted octanol–water partition coefficient (Wildman–Crippen LogP) is 1.16. The number of rotatable bonds is 6. The van der Waals surface area contributed by atoms with E-state index in [9.17, 15) is 22.0 Å². The number of amides is 1. The van der Waals surface area contributed by atoms with E-state index in [4.69, 9.17) is 4.74 Å². The molecule has 3 rings (SSSR count). The Labute approximate surface area is 170 Å². The van der Waals surface area contributed by atoms with Crippen molar-refractivity contribution in [2.45, 2.75) is 18.9 Å². The molecule has 0 bridgehead atoms. The van der Waals surface area contributed by atoms with Crippen molar-refractivity contribution in [1.29, 1.82) is 0 Å². The minimum absolute atomic E-state index is 0.0590. The minimum Gasteiger partial charge on any atom is -0.379 e. The van der Waals surface area contributed by atoms with Gasteiger partial charge in [0.1, 0.15) is 0 Å². The molecule has 7 nitrogen and oxygen atoms in total. The molecule has 1 unspecified atom stereocenters. The van der Waals surface area contributed by atoms with Crippen molar-refractivity contribution in [3.63, 3.8) is 0 Å². The van der Waals surface area contributed by atoms with Crippen LogP contribution in [0.5, 0.6) is 0 Å². The lowest BCUT2D eigenvalue weighted by molar-refractivity contribution is 0.0334. The molecule has 29 heavy (non-hydrogen) atoms. The van der Waals surface area contributed by atoms with Gasteiger partial charge in [0.05, 0.1) is 19.5 Å². The average molecular weight is 432 g/mol. The van der Waals surface area contributed by atoms with Gasteiger partial charge in [0.15, 0.2) is 11.6 Å². The van der Waals surface area contributed by atoms with E-state index in [1.807, 2.05) is 0 Å². The van der Waals surface area contributed by atoms with Gasteiger partial charge in [-0.25, -0.2) is 17.2 Å². The monoisotopic (exact) mass is 431 g/mol. The number of hydrogen-bond donors (Lipinski definition) is 0. The minimum atomic E-state index is -3.46. The average Bonchev–Trinajstić information content (AvgIpc) is 2.70. The lowest BCUT2D eigenvalue weighted by atomic mass is 10.0. The molecule has 0 aromatic heterocycles. The zero-order chi connectivity index (χ0) is 21.0. The maximum Gasteiger partial charge on any atom is 0.254 e. The van der Waals surface area contributed by atoms with Crippen LogP contribution in [-0.4, -0.2) is 93.2 Å². The molecule has 0 aliphatic carbocycles. The summed E-state index contributed by atoms with van der Waals surface area (Å²) in [6.07, 6.45) is 2.48. The highest BCUT2D eigenvalue weighted by molar-refractivity contribution is 7.88. The van der Waals surface area contributed by atoms with Crippen molar-refractivity contribution >= 4 is 15.9 Å². The fourth-order valence-electron chi connectivity index (χ4n) is 3.87. The van der Waals surface area contributed by atoms with Crippen LogP contribution in [0.3, 0.4) is 0 Å². The highest BCUT2D eigenvalue weighted by atomic mass is 32.2. The van der Waals surface area contributed by atoms with Crippen LogP contribution >= 0.6 is 0 Å². The molecule has 0 radical (unpaired) electrons. The maximum atomic E-state index is 13.5. The molecule has 2 saturated heterocycles. The summed E-state index contributed by atoms with van der Waals surface area (Å²) in [4.78, 5) is 16.4. The molecular weight excluding hydrogens is 404 g/mol. The van der Waals surface area contributed by atoms with E-state index in [2.05, 4.69) is 4.90 Å². The molecule has 2 aliphatic rings. The van der Waals surface area contributed by atoms with Crippen LogP contribution in [0.1, 0.15) is 23.2 Å². The van der Waals surface area contributed by atoms with Gasteiger partial charge in [0.2, 0.25) is 10.0 Å². The van der Waals surface area contributed by atoms with E-state index in [0.29, 0.717) is 45.7 Å². The lowest BCUT2D eigenvalue weighted by Crippen LogP contribution is -2.53. The number of sulfonamides is 1. The highest BCUT2D eigenvalue weighted by Crippen LogP contribution is 2.21. The molecule has 2 fully saturated rings. The van der Waals surface area contributed by atoms with Gasteiger partial charge in [-0.1, -0.05) is 0 Å². The van der Waals surface area contributed by atoms with E-state index in [0.717, 1.165) is 25.2 Å². The number of likely N-dealkylation sites (tertiary alicyclic amines) is 1. The fourth-order valence-corrected chi connectivity index (χ4v) is 5.00. The molecule has 10 heteroatoms. The van der Waals surface area contributed by atoms with Crippen molar-refractivity contribution < 1.29 is 26.7 Å². The summed E-state index contributed by atoms with van der Waals surface area (Å²) in [6, 6.07) is 2.72. The molecule has 2 aliphatic heterocycles. The van der Waals surface area contributed by atoms with Gasteiger partial charge in [-0.3, -0.25) is 9.69 Å². The van der Waals surface area contributed by atoms with Gasteiger partial charge in [0, 0.05) is 50.9 Å². The van der Waals surface area contributed by atoms with E-state index in [1.165, 1.54) is 21.5 Å². The Balaban J connectivity index is 1.68. The Kier molecular flexibility index (Phi) is 7.20. The Morgan fingerprint density at radius 2 is 1.93 bits per heavy atom. The number of carbonyl (C=O) groups excluding carboxylic acids is 1. The Morgan fingerprint density at radius 1 is 1.21 bits per heavy atom. The molecule has 1 aromatic carbocycles. The van der Waals surface area contributed by atoms with Crippen LogP contribution < -0.4 is 0 Å². The quantitative estimate of drug-likeness (QED) is 0.676. The summed E-state index contributed by atoms with van der Waals surface area (Å²) >= 11 is 0. The SMILES string of the molecule is CS(=O)(=O)N(CCN1CCOCC1)C1CCCN(C(=O)c2ccc(F)c(F)c2)C1. The summed E-state index contributed by atoms with van der Waals surface area (Å²) in [5.74, 6) is -2.51. The standard InChI is InChI=1S/C19H27F2N3O4S/c1-29(26,27)24(8-7-22-9-11-28-12-10-22)16-3-2-6-23(14-16)19(25)15-4-5-17(20)18(21)13-15/h4-5,13,16H,2-3,6-12,14H2,1H3. The van der Waals surface area contributed by atoms with Gasteiger partial charge >= 0.3 is 0 Å². The molecule has 162 valence electrons. The molecule has 0 spiro atoms. The van der Waals surface area contributed by atoms with Gasteiger partial charge in [-0.05, 0) is 31.0 Å². The summed E-state index contributed by atoms with van der Waals surface area (Å²) in [6.45, 7) is 4.44. The van der Waals surface area contributed by atoms with Crippen molar-refractivity contribution in [2.75, 3.05) is 58.7 Å². The number of hydrogen-bond acceptors (Lipinski definition) is 5. The van der Waals surface area contributed by atoms with Crippen LogP contribution in [0, 0.1) is 11.6 Å². The molecule has 0 saturated carbocycles. The maximum absolute atomic E-state index is 13.5. The van der Waals surface area contributed by atoms with E-state index in [-0.39, 0.29) is 18.2 Å².